The van der Waals surface area contributed by atoms with Crippen molar-refractivity contribution in [3.8, 4) is 11.5 Å². The van der Waals surface area contributed by atoms with E-state index in [1.807, 2.05) is 12.1 Å². The molecule has 0 fully saturated rings. The lowest BCUT2D eigenvalue weighted by Gasteiger charge is -2.13. The number of rotatable bonds is 6. The maximum Gasteiger partial charge on any atom is 0.363 e. The summed E-state index contributed by atoms with van der Waals surface area (Å²) >= 11 is 9.76. The Kier molecular flexibility index (Phi) is 6.58. The molecule has 0 aromatic heterocycles. The topological polar surface area (TPSA) is 57.1 Å². The number of aliphatic imine (C=N–C) groups is 1. The largest absolute Gasteiger partial charge is 0.493 e. The molecule has 162 valence electrons. The first-order valence-electron chi connectivity index (χ1n) is 9.47. The van der Waals surface area contributed by atoms with E-state index < -0.39 is 5.97 Å². The molecule has 1 heterocycles. The van der Waals surface area contributed by atoms with Gasteiger partial charge in [0, 0.05) is 15.6 Å². The van der Waals surface area contributed by atoms with Crippen molar-refractivity contribution in [1.82, 2.24) is 0 Å². The molecule has 0 spiro atoms. The molecule has 0 N–H and O–H groups in total. The highest BCUT2D eigenvalue weighted by molar-refractivity contribution is 9.10. The van der Waals surface area contributed by atoms with Crippen LogP contribution in [0.5, 0.6) is 11.5 Å². The molecule has 0 amide bonds. The molecule has 8 heteroatoms. The molecule has 0 unspecified atom stereocenters. The van der Waals surface area contributed by atoms with Crippen LogP contribution >= 0.6 is 27.5 Å². The number of esters is 1. The second-order valence-corrected chi connectivity index (χ2v) is 8.08. The number of halogens is 3. The minimum Gasteiger partial charge on any atom is -0.493 e. The van der Waals surface area contributed by atoms with Gasteiger partial charge in [-0.3, -0.25) is 0 Å². The fourth-order valence-corrected chi connectivity index (χ4v) is 3.55. The minimum atomic E-state index is -0.571. The average molecular weight is 517 g/mol. The summed E-state index contributed by atoms with van der Waals surface area (Å²) in [5.41, 5.74) is 1.76. The molecule has 0 saturated heterocycles. The third-order valence-electron chi connectivity index (χ3n) is 4.60. The molecule has 1 aliphatic heterocycles. The zero-order chi connectivity index (χ0) is 22.7. The van der Waals surface area contributed by atoms with Crippen molar-refractivity contribution >= 4 is 45.5 Å². The van der Waals surface area contributed by atoms with Crippen LogP contribution in [0.25, 0.3) is 6.08 Å². The molecule has 0 aliphatic carbocycles. The molecule has 4 rings (SSSR count). The number of hydrogen-bond acceptors (Lipinski definition) is 5. The van der Waals surface area contributed by atoms with E-state index in [1.165, 1.54) is 13.2 Å². The number of ether oxygens (including phenoxy) is 3. The molecule has 5 nitrogen and oxygen atoms in total. The van der Waals surface area contributed by atoms with Gasteiger partial charge in [0.15, 0.2) is 17.2 Å². The van der Waals surface area contributed by atoms with Gasteiger partial charge in [-0.25, -0.2) is 14.2 Å². The Morgan fingerprint density at radius 2 is 1.91 bits per heavy atom. The summed E-state index contributed by atoms with van der Waals surface area (Å²) in [4.78, 5) is 16.6. The van der Waals surface area contributed by atoms with Gasteiger partial charge in [-0.15, -0.1) is 0 Å². The molecule has 0 atom stereocenters. The molecule has 3 aromatic carbocycles. The van der Waals surface area contributed by atoms with Gasteiger partial charge in [0.25, 0.3) is 0 Å². The van der Waals surface area contributed by atoms with E-state index in [0.717, 1.165) is 4.47 Å². The summed E-state index contributed by atoms with van der Waals surface area (Å²) in [5.74, 6) is -0.116. The van der Waals surface area contributed by atoms with E-state index in [1.54, 1.807) is 48.5 Å². The summed E-state index contributed by atoms with van der Waals surface area (Å²) < 4.78 is 31.2. The van der Waals surface area contributed by atoms with Crippen molar-refractivity contribution in [2.24, 2.45) is 4.99 Å². The van der Waals surface area contributed by atoms with Crippen LogP contribution in [0.2, 0.25) is 5.02 Å². The van der Waals surface area contributed by atoms with Crippen molar-refractivity contribution < 1.29 is 23.4 Å². The van der Waals surface area contributed by atoms with Crippen LogP contribution in [0.1, 0.15) is 16.7 Å². The Bertz CT molecular complexity index is 1240. The molecular formula is C24H16BrClFNO4. The molecule has 3 aromatic rings. The van der Waals surface area contributed by atoms with E-state index in [-0.39, 0.29) is 34.8 Å². The van der Waals surface area contributed by atoms with E-state index >= 15 is 0 Å². The van der Waals surface area contributed by atoms with Crippen LogP contribution in [0, 0.1) is 5.82 Å². The Morgan fingerprint density at radius 3 is 2.62 bits per heavy atom. The smallest absolute Gasteiger partial charge is 0.363 e. The highest BCUT2D eigenvalue weighted by Crippen LogP contribution is 2.38. The lowest BCUT2D eigenvalue weighted by Crippen LogP contribution is -2.05. The SMILES string of the molecule is COc1cc(/C=C2\N=C(c3ccc(Br)cc3)OC2=O)cc(Cl)c1OCc1ccccc1F. The predicted octanol–water partition coefficient (Wildman–Crippen LogP) is 6.17. The monoisotopic (exact) mass is 515 g/mol. The van der Waals surface area contributed by atoms with Crippen molar-refractivity contribution in [2.75, 3.05) is 7.11 Å². The fraction of sp³-hybridized carbons (Fsp3) is 0.0833. The third-order valence-corrected chi connectivity index (χ3v) is 5.41. The Morgan fingerprint density at radius 1 is 1.16 bits per heavy atom. The predicted molar refractivity (Wildman–Crippen MR) is 123 cm³/mol. The van der Waals surface area contributed by atoms with E-state index in [4.69, 9.17) is 25.8 Å². The van der Waals surface area contributed by atoms with Crippen molar-refractivity contribution in [2.45, 2.75) is 6.61 Å². The summed E-state index contributed by atoms with van der Waals surface area (Å²) in [7, 11) is 1.46. The van der Waals surface area contributed by atoms with Crippen LogP contribution in [-0.4, -0.2) is 19.0 Å². The van der Waals surface area contributed by atoms with Crippen LogP contribution in [-0.2, 0) is 16.1 Å². The summed E-state index contributed by atoms with van der Waals surface area (Å²) in [6.07, 6.45) is 1.54. The average Bonchev–Trinajstić information content (AvgIpc) is 3.14. The second-order valence-electron chi connectivity index (χ2n) is 6.76. The maximum absolute atomic E-state index is 13.9. The van der Waals surface area contributed by atoms with Gasteiger partial charge in [0.05, 0.1) is 12.1 Å². The Hall–Kier alpha value is -3.16. The molecule has 0 radical (unpaired) electrons. The Labute approximate surface area is 197 Å². The van der Waals surface area contributed by atoms with Crippen molar-refractivity contribution in [3.63, 3.8) is 0 Å². The Balaban J connectivity index is 1.59. The third kappa shape index (κ3) is 4.84. The second kappa shape index (κ2) is 9.54. The number of carbonyl (C=O) groups is 1. The van der Waals surface area contributed by atoms with Crippen molar-refractivity contribution in [1.29, 1.82) is 0 Å². The standard InChI is InChI=1S/C24H16BrClFNO4/c1-30-21-12-14(10-18(26)22(21)31-13-16-4-2-3-5-19(16)27)11-20-24(29)32-23(28-20)15-6-8-17(25)9-7-15/h2-12H,13H2,1H3/b20-11-. The summed E-state index contributed by atoms with van der Waals surface area (Å²) in [6, 6.07) is 16.8. The van der Waals surface area contributed by atoms with Gasteiger partial charge in [-0.1, -0.05) is 45.7 Å². The molecule has 32 heavy (non-hydrogen) atoms. The minimum absolute atomic E-state index is 0.0175. The summed E-state index contributed by atoms with van der Waals surface area (Å²) in [6.45, 7) is -0.0175. The van der Waals surface area contributed by atoms with Gasteiger partial charge in [-0.2, -0.15) is 0 Å². The van der Waals surface area contributed by atoms with Crippen LogP contribution in [0.15, 0.2) is 75.8 Å². The lowest BCUT2D eigenvalue weighted by atomic mass is 10.1. The van der Waals surface area contributed by atoms with Gasteiger partial charge < -0.3 is 14.2 Å². The number of nitrogens with zero attached hydrogens (tertiary/aromatic N) is 1. The van der Waals surface area contributed by atoms with Crippen LogP contribution in [0.4, 0.5) is 4.39 Å². The zero-order valence-corrected chi connectivity index (χ0v) is 19.1. The lowest BCUT2D eigenvalue weighted by molar-refractivity contribution is -0.129. The number of benzene rings is 3. The first-order valence-corrected chi connectivity index (χ1v) is 10.6. The first kappa shape index (κ1) is 22.0. The fourth-order valence-electron chi connectivity index (χ4n) is 3.01. The highest BCUT2D eigenvalue weighted by atomic mass is 79.9. The van der Waals surface area contributed by atoms with Gasteiger partial charge >= 0.3 is 5.97 Å². The molecule has 0 bridgehead atoms. The van der Waals surface area contributed by atoms with Crippen LogP contribution < -0.4 is 9.47 Å². The zero-order valence-electron chi connectivity index (χ0n) is 16.8. The van der Waals surface area contributed by atoms with Crippen LogP contribution in [0.3, 0.4) is 0 Å². The van der Waals surface area contributed by atoms with E-state index in [9.17, 15) is 9.18 Å². The number of carbonyl (C=O) groups excluding carboxylic acids is 1. The first-order chi connectivity index (χ1) is 15.4. The normalized spacial score (nSPS) is 14.3. The van der Waals surface area contributed by atoms with Gasteiger partial charge in [0.1, 0.15) is 12.4 Å². The molecule has 0 saturated carbocycles. The summed E-state index contributed by atoms with van der Waals surface area (Å²) in [5, 5.41) is 0.246. The number of hydrogen-bond donors (Lipinski definition) is 0. The highest BCUT2D eigenvalue weighted by Gasteiger charge is 2.24. The van der Waals surface area contributed by atoms with Gasteiger partial charge in [0.2, 0.25) is 5.90 Å². The quantitative estimate of drug-likeness (QED) is 0.290. The molecular weight excluding hydrogens is 501 g/mol. The van der Waals surface area contributed by atoms with Gasteiger partial charge in [-0.05, 0) is 54.1 Å². The number of cyclic esters (lactones) is 1. The maximum atomic E-state index is 13.9. The number of methoxy groups -OCH3 is 1. The van der Waals surface area contributed by atoms with Crippen molar-refractivity contribution in [3.05, 3.63) is 98.4 Å². The van der Waals surface area contributed by atoms with E-state index in [0.29, 0.717) is 22.4 Å². The van der Waals surface area contributed by atoms with E-state index in [2.05, 4.69) is 20.9 Å². The molecule has 1 aliphatic rings.